The minimum absolute atomic E-state index is 0.234. The molecule has 2 aromatic rings. The first-order valence-corrected chi connectivity index (χ1v) is 5.44. The topological polar surface area (TPSA) is 51.0 Å². The third kappa shape index (κ3) is 2.68. The second-order valence-corrected chi connectivity index (χ2v) is 3.85. The van der Waals surface area contributed by atoms with Gasteiger partial charge >= 0.3 is 0 Å². The minimum atomic E-state index is -0.348. The molecule has 90 valence electrons. The van der Waals surface area contributed by atoms with Crippen LogP contribution in [-0.4, -0.2) is 23.7 Å². The molecule has 0 saturated heterocycles. The molecular formula is C12H14FN3O. The van der Waals surface area contributed by atoms with E-state index in [9.17, 15) is 4.39 Å². The lowest BCUT2D eigenvalue weighted by molar-refractivity contribution is 0.419. The maximum atomic E-state index is 13.6. The predicted molar refractivity (Wildman–Crippen MR) is 62.1 cm³/mol. The van der Waals surface area contributed by atoms with Crippen molar-refractivity contribution in [2.24, 2.45) is 0 Å². The highest BCUT2D eigenvalue weighted by molar-refractivity contribution is 5.55. The van der Waals surface area contributed by atoms with E-state index in [4.69, 9.17) is 4.52 Å². The van der Waals surface area contributed by atoms with Gasteiger partial charge in [-0.25, -0.2) is 4.39 Å². The number of nitrogens with zero attached hydrogens (tertiary/aromatic N) is 2. The van der Waals surface area contributed by atoms with Gasteiger partial charge in [0.1, 0.15) is 5.82 Å². The normalized spacial score (nSPS) is 10.8. The fraction of sp³-hybridized carbons (Fsp3) is 0.333. The molecule has 0 bridgehead atoms. The second kappa shape index (κ2) is 5.05. The molecule has 1 heterocycles. The zero-order valence-corrected chi connectivity index (χ0v) is 9.83. The van der Waals surface area contributed by atoms with Gasteiger partial charge in [-0.2, -0.15) is 4.98 Å². The fourth-order valence-electron chi connectivity index (χ4n) is 1.50. The Balaban J connectivity index is 2.27. The van der Waals surface area contributed by atoms with Gasteiger partial charge in [-0.05, 0) is 26.1 Å². The highest BCUT2D eigenvalue weighted by Gasteiger charge is 2.13. The molecule has 1 aromatic carbocycles. The predicted octanol–water partition coefficient (Wildman–Crippen LogP) is 1.95. The minimum Gasteiger partial charge on any atom is -0.334 e. The van der Waals surface area contributed by atoms with Gasteiger partial charge in [0.2, 0.25) is 0 Å². The summed E-state index contributed by atoms with van der Waals surface area (Å²) in [5.74, 6) is 0.465. The molecule has 4 nitrogen and oxygen atoms in total. The van der Waals surface area contributed by atoms with Crippen molar-refractivity contribution < 1.29 is 8.91 Å². The highest BCUT2D eigenvalue weighted by atomic mass is 19.1. The van der Waals surface area contributed by atoms with Gasteiger partial charge in [0.25, 0.3) is 5.89 Å². The summed E-state index contributed by atoms with van der Waals surface area (Å²) < 4.78 is 18.6. The molecule has 1 aromatic heterocycles. The Hall–Kier alpha value is -1.75. The third-order valence-corrected chi connectivity index (χ3v) is 2.42. The summed E-state index contributed by atoms with van der Waals surface area (Å²) in [6, 6.07) is 4.81. The first-order valence-electron chi connectivity index (χ1n) is 5.44. The van der Waals surface area contributed by atoms with Crippen LogP contribution in [0.4, 0.5) is 4.39 Å². The third-order valence-electron chi connectivity index (χ3n) is 2.42. The Kier molecular flexibility index (Phi) is 3.49. The molecule has 2 rings (SSSR count). The second-order valence-electron chi connectivity index (χ2n) is 3.85. The summed E-state index contributed by atoms with van der Waals surface area (Å²) in [6.45, 7) is 2.65. The van der Waals surface area contributed by atoms with Crippen LogP contribution in [-0.2, 0) is 6.42 Å². The largest absolute Gasteiger partial charge is 0.334 e. The highest BCUT2D eigenvalue weighted by Crippen LogP contribution is 2.22. The molecule has 0 aliphatic carbocycles. The number of nitrogens with one attached hydrogen (secondary N) is 1. The molecule has 17 heavy (non-hydrogen) atoms. The van der Waals surface area contributed by atoms with Crippen LogP contribution in [0.3, 0.4) is 0 Å². The molecule has 0 radical (unpaired) electrons. The van der Waals surface area contributed by atoms with Gasteiger partial charge in [-0.15, -0.1) is 0 Å². The standard InChI is InChI=1S/C12H14FN3O/c1-8-3-4-10(13)9(7-8)12-15-11(16-17-12)5-6-14-2/h3-4,7,14H,5-6H2,1-2H3. The Labute approximate surface area is 98.8 Å². The monoisotopic (exact) mass is 235 g/mol. The molecule has 1 N–H and O–H groups in total. The van der Waals surface area contributed by atoms with Crippen molar-refractivity contribution in [2.45, 2.75) is 13.3 Å². The summed E-state index contributed by atoms with van der Waals surface area (Å²) >= 11 is 0. The summed E-state index contributed by atoms with van der Waals surface area (Å²) in [4.78, 5) is 4.16. The number of aromatic nitrogens is 2. The molecule has 0 aliphatic rings. The lowest BCUT2D eigenvalue weighted by Crippen LogP contribution is -2.11. The Morgan fingerprint density at radius 1 is 1.41 bits per heavy atom. The summed E-state index contributed by atoms with van der Waals surface area (Å²) in [7, 11) is 1.85. The number of hydrogen-bond donors (Lipinski definition) is 1. The molecule has 0 saturated carbocycles. The molecular weight excluding hydrogens is 221 g/mol. The zero-order chi connectivity index (χ0) is 12.3. The van der Waals surface area contributed by atoms with Crippen molar-refractivity contribution in [3.05, 3.63) is 35.4 Å². The van der Waals surface area contributed by atoms with Crippen molar-refractivity contribution >= 4 is 0 Å². The summed E-state index contributed by atoms with van der Waals surface area (Å²) in [5.41, 5.74) is 1.31. The van der Waals surface area contributed by atoms with Crippen LogP contribution in [0.15, 0.2) is 22.7 Å². The van der Waals surface area contributed by atoms with E-state index in [0.717, 1.165) is 12.1 Å². The van der Waals surface area contributed by atoms with Gasteiger partial charge < -0.3 is 9.84 Å². The molecule has 0 fully saturated rings. The van der Waals surface area contributed by atoms with Crippen LogP contribution in [0.5, 0.6) is 0 Å². The van der Waals surface area contributed by atoms with E-state index in [1.807, 2.05) is 14.0 Å². The number of benzene rings is 1. The molecule has 0 amide bonds. The Morgan fingerprint density at radius 2 is 2.24 bits per heavy atom. The van der Waals surface area contributed by atoms with Gasteiger partial charge in [-0.3, -0.25) is 0 Å². The number of hydrogen-bond acceptors (Lipinski definition) is 4. The van der Waals surface area contributed by atoms with Crippen LogP contribution < -0.4 is 5.32 Å². The maximum absolute atomic E-state index is 13.6. The quantitative estimate of drug-likeness (QED) is 0.880. The van der Waals surface area contributed by atoms with Crippen LogP contribution in [0.25, 0.3) is 11.5 Å². The van der Waals surface area contributed by atoms with E-state index in [2.05, 4.69) is 15.5 Å². The van der Waals surface area contributed by atoms with E-state index < -0.39 is 0 Å². The zero-order valence-electron chi connectivity index (χ0n) is 9.83. The lowest BCUT2D eigenvalue weighted by atomic mass is 10.1. The van der Waals surface area contributed by atoms with Crippen molar-refractivity contribution in [1.29, 1.82) is 0 Å². The molecule has 0 atom stereocenters. The van der Waals surface area contributed by atoms with Gasteiger partial charge in [-0.1, -0.05) is 16.8 Å². The number of aryl methyl sites for hydroxylation is 1. The average molecular weight is 235 g/mol. The first-order chi connectivity index (χ1) is 8.20. The van der Waals surface area contributed by atoms with Gasteiger partial charge in [0, 0.05) is 13.0 Å². The average Bonchev–Trinajstić information content (AvgIpc) is 2.78. The van der Waals surface area contributed by atoms with E-state index in [1.54, 1.807) is 12.1 Å². The van der Waals surface area contributed by atoms with E-state index in [1.165, 1.54) is 6.07 Å². The molecule has 0 spiro atoms. The van der Waals surface area contributed by atoms with Gasteiger partial charge in [0.15, 0.2) is 5.82 Å². The van der Waals surface area contributed by atoms with Crippen LogP contribution >= 0.6 is 0 Å². The van der Waals surface area contributed by atoms with E-state index in [0.29, 0.717) is 17.8 Å². The summed E-state index contributed by atoms with van der Waals surface area (Å²) in [5, 5.41) is 6.80. The molecule has 5 heteroatoms. The van der Waals surface area contributed by atoms with Crippen molar-refractivity contribution in [3.63, 3.8) is 0 Å². The Bertz CT molecular complexity index is 510. The molecule has 0 unspecified atom stereocenters. The fourth-order valence-corrected chi connectivity index (χ4v) is 1.50. The first kappa shape index (κ1) is 11.7. The van der Waals surface area contributed by atoms with Gasteiger partial charge in [0.05, 0.1) is 5.56 Å². The number of halogens is 1. The van der Waals surface area contributed by atoms with Crippen LogP contribution in [0.2, 0.25) is 0 Å². The van der Waals surface area contributed by atoms with Crippen LogP contribution in [0, 0.1) is 12.7 Å². The van der Waals surface area contributed by atoms with Crippen LogP contribution in [0.1, 0.15) is 11.4 Å². The maximum Gasteiger partial charge on any atom is 0.260 e. The Morgan fingerprint density at radius 3 is 3.00 bits per heavy atom. The number of likely N-dealkylation sites (N-methyl/N-ethyl adjacent to an activating group) is 1. The van der Waals surface area contributed by atoms with E-state index >= 15 is 0 Å². The number of rotatable bonds is 4. The van der Waals surface area contributed by atoms with Crippen molar-refractivity contribution in [1.82, 2.24) is 15.5 Å². The summed E-state index contributed by atoms with van der Waals surface area (Å²) in [6.07, 6.45) is 0.660. The SMILES string of the molecule is CNCCc1noc(-c2cc(C)ccc2F)n1. The smallest absolute Gasteiger partial charge is 0.260 e. The van der Waals surface area contributed by atoms with E-state index in [-0.39, 0.29) is 11.7 Å². The lowest BCUT2D eigenvalue weighted by Gasteiger charge is -1.98. The van der Waals surface area contributed by atoms with Crippen molar-refractivity contribution in [3.8, 4) is 11.5 Å². The molecule has 0 aliphatic heterocycles. The van der Waals surface area contributed by atoms with Crippen molar-refractivity contribution in [2.75, 3.05) is 13.6 Å².